The number of oxazole rings is 1. The van der Waals surface area contributed by atoms with Crippen LogP contribution in [0.15, 0.2) is 53.2 Å². The summed E-state index contributed by atoms with van der Waals surface area (Å²) in [6.45, 7) is 2.78. The van der Waals surface area contributed by atoms with Gasteiger partial charge in [-0.2, -0.15) is 4.98 Å². The molecule has 7 nitrogen and oxygen atoms in total. The van der Waals surface area contributed by atoms with Crippen molar-refractivity contribution in [2.75, 3.05) is 18.4 Å². The Morgan fingerprint density at radius 3 is 2.71 bits per heavy atom. The van der Waals surface area contributed by atoms with E-state index < -0.39 is 23.4 Å². The van der Waals surface area contributed by atoms with Gasteiger partial charge in [-0.15, -0.1) is 0 Å². The number of hydrogen-bond donors (Lipinski definition) is 1. The lowest BCUT2D eigenvalue weighted by Crippen LogP contribution is -2.51. The summed E-state index contributed by atoms with van der Waals surface area (Å²) >= 11 is 0. The number of fused-ring (bicyclic) bond motifs is 1. The molecular weight excluding hydrogens is 459 g/mol. The fourth-order valence-electron chi connectivity index (χ4n) is 4.48. The molecule has 0 saturated carbocycles. The Balaban J connectivity index is 1.43. The molecule has 2 unspecified atom stereocenters. The third-order valence-corrected chi connectivity index (χ3v) is 6.29. The van der Waals surface area contributed by atoms with Crippen LogP contribution in [0, 0.1) is 23.4 Å². The van der Waals surface area contributed by atoms with E-state index in [1.807, 2.05) is 6.92 Å². The molecule has 1 aliphatic heterocycles. The van der Waals surface area contributed by atoms with Crippen LogP contribution in [0.1, 0.15) is 30.1 Å². The summed E-state index contributed by atoms with van der Waals surface area (Å²) in [5.41, 5.74) is 0.936. The van der Waals surface area contributed by atoms with Crippen LogP contribution in [0.25, 0.3) is 22.5 Å². The molecule has 1 saturated heterocycles. The quantitative estimate of drug-likeness (QED) is 0.429. The molecule has 10 heteroatoms. The Hall–Kier alpha value is -3.95. The van der Waals surface area contributed by atoms with Crippen molar-refractivity contribution in [1.82, 2.24) is 19.9 Å². The molecule has 0 bridgehead atoms. The molecule has 2 aromatic heterocycles. The summed E-state index contributed by atoms with van der Waals surface area (Å²) in [7, 11) is 0. The first-order chi connectivity index (χ1) is 16.9. The van der Waals surface area contributed by atoms with Gasteiger partial charge in [0.1, 0.15) is 11.3 Å². The van der Waals surface area contributed by atoms with Crippen LogP contribution in [-0.4, -0.2) is 44.9 Å². The van der Waals surface area contributed by atoms with Gasteiger partial charge < -0.3 is 14.6 Å². The average Bonchev–Trinajstić information content (AvgIpc) is 3.26. The summed E-state index contributed by atoms with van der Waals surface area (Å²) in [6, 6.07) is 7.46. The first-order valence-electron chi connectivity index (χ1n) is 11.3. The van der Waals surface area contributed by atoms with Crippen molar-refractivity contribution in [2.45, 2.75) is 25.8 Å². The van der Waals surface area contributed by atoms with Gasteiger partial charge in [0.25, 0.3) is 11.9 Å². The van der Waals surface area contributed by atoms with E-state index in [0.717, 1.165) is 25.0 Å². The Bertz CT molecular complexity index is 1380. The minimum atomic E-state index is -1.12. The van der Waals surface area contributed by atoms with Crippen LogP contribution in [0.4, 0.5) is 19.2 Å². The summed E-state index contributed by atoms with van der Waals surface area (Å²) < 4.78 is 47.4. The second-order valence-electron chi connectivity index (χ2n) is 8.58. The second kappa shape index (κ2) is 9.36. The maximum atomic E-state index is 14.2. The SMILES string of the molecule is CC1CCCN(C(=O)c2cc(F)c(F)cc2-c2ncccn2)C1CNc1nc2ccc(F)cc2o1. The van der Waals surface area contributed by atoms with E-state index in [9.17, 15) is 18.0 Å². The number of nitrogens with one attached hydrogen (secondary N) is 1. The first-order valence-corrected chi connectivity index (χ1v) is 11.3. The smallest absolute Gasteiger partial charge is 0.295 e. The van der Waals surface area contributed by atoms with Gasteiger partial charge in [-0.1, -0.05) is 6.92 Å². The molecule has 0 radical (unpaired) electrons. The van der Waals surface area contributed by atoms with Crippen molar-refractivity contribution >= 4 is 23.0 Å². The summed E-state index contributed by atoms with van der Waals surface area (Å²) in [5.74, 6) is -2.82. The number of anilines is 1. The summed E-state index contributed by atoms with van der Waals surface area (Å²) in [4.78, 5) is 27.9. The minimum Gasteiger partial charge on any atom is -0.423 e. The number of aromatic nitrogens is 3. The highest BCUT2D eigenvalue weighted by Crippen LogP contribution is 2.30. The number of benzene rings is 2. The molecule has 2 aromatic carbocycles. The van der Waals surface area contributed by atoms with E-state index in [0.29, 0.717) is 24.2 Å². The van der Waals surface area contributed by atoms with E-state index in [1.165, 1.54) is 30.6 Å². The molecule has 1 aliphatic rings. The van der Waals surface area contributed by atoms with Crippen LogP contribution >= 0.6 is 0 Å². The largest absolute Gasteiger partial charge is 0.423 e. The minimum absolute atomic E-state index is 0.00784. The van der Waals surface area contributed by atoms with Crippen LogP contribution in [-0.2, 0) is 0 Å². The molecule has 5 rings (SSSR count). The van der Waals surface area contributed by atoms with Gasteiger partial charge in [0, 0.05) is 37.1 Å². The number of carbonyl (C=O) groups is 1. The topological polar surface area (TPSA) is 84.2 Å². The fourth-order valence-corrected chi connectivity index (χ4v) is 4.48. The Morgan fingerprint density at radius 1 is 1.14 bits per heavy atom. The van der Waals surface area contributed by atoms with Crippen LogP contribution in [0.5, 0.6) is 0 Å². The zero-order chi connectivity index (χ0) is 24.5. The maximum Gasteiger partial charge on any atom is 0.295 e. The molecule has 180 valence electrons. The predicted molar refractivity (Wildman–Crippen MR) is 123 cm³/mol. The lowest BCUT2D eigenvalue weighted by atomic mass is 9.89. The van der Waals surface area contributed by atoms with Crippen molar-refractivity contribution in [1.29, 1.82) is 0 Å². The normalized spacial score (nSPS) is 18.1. The van der Waals surface area contributed by atoms with Gasteiger partial charge in [-0.05, 0) is 49.1 Å². The van der Waals surface area contributed by atoms with Gasteiger partial charge >= 0.3 is 0 Å². The standard InChI is InChI=1S/C25H22F3N5O2/c1-14-4-2-9-33(21(14)13-31-25-32-20-6-5-15(26)10-22(20)35-25)24(34)17-12-19(28)18(27)11-16(17)23-29-7-3-8-30-23/h3,5-8,10-12,14,21H,2,4,9,13H2,1H3,(H,31,32). The Kier molecular flexibility index (Phi) is 6.10. The van der Waals surface area contributed by atoms with Crippen molar-refractivity contribution in [3.63, 3.8) is 0 Å². The molecule has 0 spiro atoms. The fraction of sp³-hybridized carbons (Fsp3) is 0.280. The predicted octanol–water partition coefficient (Wildman–Crippen LogP) is 5.05. The zero-order valence-electron chi connectivity index (χ0n) is 18.8. The van der Waals surface area contributed by atoms with Gasteiger partial charge in [0.05, 0.1) is 11.6 Å². The van der Waals surface area contributed by atoms with Crippen LogP contribution in [0.2, 0.25) is 0 Å². The Morgan fingerprint density at radius 2 is 1.91 bits per heavy atom. The highest BCUT2D eigenvalue weighted by molar-refractivity contribution is 6.00. The highest BCUT2D eigenvalue weighted by Gasteiger charge is 2.34. The van der Waals surface area contributed by atoms with Gasteiger partial charge in [-0.25, -0.2) is 23.1 Å². The van der Waals surface area contributed by atoms with Crippen LogP contribution < -0.4 is 5.32 Å². The van der Waals surface area contributed by atoms with Gasteiger partial charge in [0.2, 0.25) is 0 Å². The number of amides is 1. The third kappa shape index (κ3) is 4.55. The van der Waals surface area contributed by atoms with E-state index >= 15 is 0 Å². The molecule has 3 heterocycles. The number of nitrogens with zero attached hydrogens (tertiary/aromatic N) is 4. The van der Waals surface area contributed by atoms with E-state index in [-0.39, 0.29) is 34.9 Å². The zero-order valence-corrected chi connectivity index (χ0v) is 18.8. The van der Waals surface area contributed by atoms with Crippen molar-refractivity contribution < 1.29 is 22.4 Å². The van der Waals surface area contributed by atoms with Crippen LogP contribution in [0.3, 0.4) is 0 Å². The Labute approximate surface area is 199 Å². The summed E-state index contributed by atoms with van der Waals surface area (Å²) in [5, 5.41) is 3.10. The maximum absolute atomic E-state index is 14.2. The molecular formula is C25H22F3N5O2. The van der Waals surface area contributed by atoms with Gasteiger partial charge in [-0.3, -0.25) is 4.79 Å². The average molecular weight is 481 g/mol. The third-order valence-electron chi connectivity index (χ3n) is 6.29. The number of piperidine rings is 1. The molecule has 1 amide bonds. The molecule has 2 atom stereocenters. The number of rotatable bonds is 5. The first kappa shape index (κ1) is 22.8. The number of carbonyl (C=O) groups excluding carboxylic acids is 1. The van der Waals surface area contributed by atoms with E-state index in [1.54, 1.807) is 11.0 Å². The highest BCUT2D eigenvalue weighted by atomic mass is 19.2. The van der Waals surface area contributed by atoms with E-state index in [4.69, 9.17) is 4.42 Å². The molecule has 1 fully saturated rings. The monoisotopic (exact) mass is 481 g/mol. The molecule has 4 aromatic rings. The second-order valence-corrected chi connectivity index (χ2v) is 8.58. The van der Waals surface area contributed by atoms with Crippen molar-refractivity contribution in [2.24, 2.45) is 5.92 Å². The lowest BCUT2D eigenvalue weighted by molar-refractivity contribution is 0.0539. The number of halogens is 3. The van der Waals surface area contributed by atoms with E-state index in [2.05, 4.69) is 20.3 Å². The molecule has 1 N–H and O–H groups in total. The molecule has 35 heavy (non-hydrogen) atoms. The van der Waals surface area contributed by atoms with Gasteiger partial charge in [0.15, 0.2) is 23.0 Å². The lowest BCUT2D eigenvalue weighted by Gasteiger charge is -2.40. The summed E-state index contributed by atoms with van der Waals surface area (Å²) in [6.07, 6.45) is 4.60. The number of hydrogen-bond acceptors (Lipinski definition) is 6. The molecule has 0 aliphatic carbocycles. The van der Waals surface area contributed by atoms with Crippen molar-refractivity contribution in [3.05, 3.63) is 71.8 Å². The van der Waals surface area contributed by atoms with Crippen molar-refractivity contribution in [3.8, 4) is 11.4 Å². The number of likely N-dealkylation sites (tertiary alicyclic amines) is 1.